The second-order valence-corrected chi connectivity index (χ2v) is 8.42. The molecule has 0 radical (unpaired) electrons. The molecule has 3 aromatic rings. The van der Waals surface area contributed by atoms with Crippen LogP contribution in [-0.4, -0.2) is 57.4 Å². The number of sulfonamides is 1. The number of morpholine rings is 1. The molecule has 1 aliphatic rings. The van der Waals surface area contributed by atoms with E-state index >= 15 is 0 Å². The van der Waals surface area contributed by atoms with Gasteiger partial charge in [0, 0.05) is 29.6 Å². The summed E-state index contributed by atoms with van der Waals surface area (Å²) < 4.78 is 37.7. The Morgan fingerprint density at radius 2 is 1.82 bits per heavy atom. The van der Waals surface area contributed by atoms with E-state index in [0.717, 1.165) is 11.8 Å². The Kier molecular flexibility index (Phi) is 4.92. The molecule has 0 unspecified atom stereocenters. The molecular formula is C20H20N2O5S. The molecule has 0 saturated carbocycles. The first-order valence-electron chi connectivity index (χ1n) is 8.88. The van der Waals surface area contributed by atoms with Crippen LogP contribution in [0.5, 0.6) is 5.75 Å². The number of hydrogen-bond donors (Lipinski definition) is 1. The zero-order valence-electron chi connectivity index (χ0n) is 15.3. The molecule has 1 saturated heterocycles. The predicted molar refractivity (Wildman–Crippen MR) is 105 cm³/mol. The van der Waals surface area contributed by atoms with Crippen molar-refractivity contribution >= 4 is 27.2 Å². The summed E-state index contributed by atoms with van der Waals surface area (Å²) in [5.41, 5.74) is 2.60. The number of nitrogens with one attached hydrogen (secondary N) is 1. The molecule has 7 nitrogen and oxygen atoms in total. The maximum Gasteiger partial charge on any atom is 0.243 e. The van der Waals surface area contributed by atoms with E-state index in [2.05, 4.69) is 4.98 Å². The molecule has 0 atom stereocenters. The van der Waals surface area contributed by atoms with Gasteiger partial charge >= 0.3 is 0 Å². The molecule has 1 aromatic heterocycles. The summed E-state index contributed by atoms with van der Waals surface area (Å²) in [5.74, 6) is 0.714. The first-order chi connectivity index (χ1) is 13.5. The molecule has 0 spiro atoms. The van der Waals surface area contributed by atoms with Crippen LogP contribution in [-0.2, 0) is 14.8 Å². The molecule has 1 aliphatic heterocycles. The second-order valence-electron chi connectivity index (χ2n) is 6.48. The maximum atomic E-state index is 12.9. The molecule has 2 heterocycles. The number of fused-ring (bicyclic) bond motifs is 1. The Morgan fingerprint density at radius 1 is 1.11 bits per heavy atom. The highest BCUT2D eigenvalue weighted by Crippen LogP contribution is 2.32. The highest BCUT2D eigenvalue weighted by Gasteiger charge is 2.27. The van der Waals surface area contributed by atoms with Crippen LogP contribution in [0.3, 0.4) is 0 Å². The van der Waals surface area contributed by atoms with E-state index in [1.807, 2.05) is 24.3 Å². The fourth-order valence-electron chi connectivity index (χ4n) is 3.40. The minimum absolute atomic E-state index is 0.172. The predicted octanol–water partition coefficient (Wildman–Crippen LogP) is 2.68. The first-order valence-corrected chi connectivity index (χ1v) is 10.3. The molecule has 0 aliphatic carbocycles. The Bertz CT molecular complexity index is 1110. The van der Waals surface area contributed by atoms with Gasteiger partial charge in [-0.15, -0.1) is 0 Å². The first kappa shape index (κ1) is 18.7. The largest absolute Gasteiger partial charge is 0.497 e. The van der Waals surface area contributed by atoms with Crippen molar-refractivity contribution in [2.45, 2.75) is 4.90 Å². The van der Waals surface area contributed by atoms with Crippen LogP contribution < -0.4 is 4.74 Å². The molecule has 28 heavy (non-hydrogen) atoms. The minimum Gasteiger partial charge on any atom is -0.497 e. The summed E-state index contributed by atoms with van der Waals surface area (Å²) in [6.45, 7) is 1.41. The number of methoxy groups -OCH3 is 1. The Hall–Kier alpha value is -2.68. The molecular weight excluding hydrogens is 380 g/mol. The molecule has 1 fully saturated rings. The number of aromatic amines is 1. The smallest absolute Gasteiger partial charge is 0.243 e. The third kappa shape index (κ3) is 3.19. The molecule has 4 rings (SSSR count). The zero-order valence-corrected chi connectivity index (χ0v) is 16.2. The minimum atomic E-state index is -3.64. The van der Waals surface area contributed by atoms with Gasteiger partial charge in [-0.1, -0.05) is 0 Å². The second kappa shape index (κ2) is 7.38. The van der Waals surface area contributed by atoms with Gasteiger partial charge in [-0.25, -0.2) is 8.42 Å². The number of carbonyl (C=O) groups is 1. The Balaban J connectivity index is 1.80. The average Bonchev–Trinajstić information content (AvgIpc) is 3.12. The monoisotopic (exact) mass is 400 g/mol. The molecule has 0 amide bonds. The van der Waals surface area contributed by atoms with Crippen LogP contribution >= 0.6 is 0 Å². The van der Waals surface area contributed by atoms with E-state index in [0.29, 0.717) is 54.2 Å². The lowest BCUT2D eigenvalue weighted by molar-refractivity contribution is 0.0730. The number of rotatable bonds is 5. The molecule has 1 N–H and O–H groups in total. The van der Waals surface area contributed by atoms with Crippen LogP contribution in [0.25, 0.3) is 22.2 Å². The van der Waals surface area contributed by atoms with Crippen molar-refractivity contribution in [2.24, 2.45) is 0 Å². The van der Waals surface area contributed by atoms with E-state index in [-0.39, 0.29) is 4.90 Å². The van der Waals surface area contributed by atoms with Crippen LogP contribution in [0, 0.1) is 0 Å². The number of hydrogen-bond acceptors (Lipinski definition) is 5. The highest BCUT2D eigenvalue weighted by molar-refractivity contribution is 7.89. The summed E-state index contributed by atoms with van der Waals surface area (Å²) in [6.07, 6.45) is 0.754. The van der Waals surface area contributed by atoms with E-state index in [1.54, 1.807) is 25.3 Å². The average molecular weight is 400 g/mol. The van der Waals surface area contributed by atoms with Gasteiger partial charge in [-0.2, -0.15) is 4.31 Å². The van der Waals surface area contributed by atoms with Gasteiger partial charge in [0.2, 0.25) is 10.0 Å². The number of nitrogens with zero attached hydrogens (tertiary/aromatic N) is 1. The molecule has 8 heteroatoms. The van der Waals surface area contributed by atoms with Gasteiger partial charge in [-0.3, -0.25) is 4.79 Å². The van der Waals surface area contributed by atoms with Crippen LogP contribution in [0.2, 0.25) is 0 Å². The Morgan fingerprint density at radius 3 is 2.46 bits per heavy atom. The molecule has 2 aromatic carbocycles. The van der Waals surface area contributed by atoms with Crippen LogP contribution in [0.1, 0.15) is 10.4 Å². The van der Waals surface area contributed by atoms with Crippen LogP contribution in [0.15, 0.2) is 47.4 Å². The number of aromatic nitrogens is 1. The highest BCUT2D eigenvalue weighted by atomic mass is 32.2. The third-order valence-electron chi connectivity index (χ3n) is 4.91. The fraction of sp³-hybridized carbons (Fsp3) is 0.250. The quantitative estimate of drug-likeness (QED) is 0.665. The lowest BCUT2D eigenvalue weighted by Crippen LogP contribution is -2.40. The third-order valence-corrected chi connectivity index (χ3v) is 6.81. The van der Waals surface area contributed by atoms with Gasteiger partial charge in [0.05, 0.1) is 30.9 Å². The summed E-state index contributed by atoms with van der Waals surface area (Å²) in [5, 5.41) is 0.579. The van der Waals surface area contributed by atoms with Crippen LogP contribution in [0.4, 0.5) is 0 Å². The standard InChI is InChI=1S/C20H20N2O5S/c1-26-15-4-2-14(3-5-15)20-18(13-23)17-12-16(6-7-19(17)21-20)28(24,25)22-8-10-27-11-9-22/h2-7,12-13,21H,8-11H2,1H3. The maximum absolute atomic E-state index is 12.9. The van der Waals surface area contributed by atoms with E-state index in [1.165, 1.54) is 4.31 Å². The van der Waals surface area contributed by atoms with Crippen molar-refractivity contribution in [3.8, 4) is 17.0 Å². The van der Waals surface area contributed by atoms with Crippen molar-refractivity contribution in [1.29, 1.82) is 0 Å². The number of ether oxygens (including phenoxy) is 2. The summed E-state index contributed by atoms with van der Waals surface area (Å²) >= 11 is 0. The number of aldehydes is 1. The van der Waals surface area contributed by atoms with E-state index in [9.17, 15) is 13.2 Å². The SMILES string of the molecule is COc1ccc(-c2[nH]c3ccc(S(=O)(=O)N4CCOCC4)cc3c2C=O)cc1. The van der Waals surface area contributed by atoms with Crippen molar-refractivity contribution in [3.63, 3.8) is 0 Å². The number of H-pyrrole nitrogens is 1. The molecule has 0 bridgehead atoms. The van der Waals surface area contributed by atoms with Gasteiger partial charge < -0.3 is 14.5 Å². The fourth-order valence-corrected chi connectivity index (χ4v) is 4.83. The van der Waals surface area contributed by atoms with Crippen molar-refractivity contribution in [2.75, 3.05) is 33.4 Å². The number of carbonyl (C=O) groups excluding carboxylic acids is 1. The summed E-state index contributed by atoms with van der Waals surface area (Å²) in [6, 6.07) is 12.1. The van der Waals surface area contributed by atoms with Crippen molar-refractivity contribution in [1.82, 2.24) is 9.29 Å². The van der Waals surface area contributed by atoms with Crippen molar-refractivity contribution < 1.29 is 22.7 Å². The molecule has 146 valence electrons. The van der Waals surface area contributed by atoms with Gasteiger partial charge in [0.25, 0.3) is 0 Å². The zero-order chi connectivity index (χ0) is 19.7. The topological polar surface area (TPSA) is 88.7 Å². The summed E-state index contributed by atoms with van der Waals surface area (Å²) in [7, 11) is -2.05. The van der Waals surface area contributed by atoms with Gasteiger partial charge in [0.15, 0.2) is 6.29 Å². The van der Waals surface area contributed by atoms with Gasteiger partial charge in [-0.05, 0) is 48.0 Å². The lowest BCUT2D eigenvalue weighted by Gasteiger charge is -2.26. The normalized spacial score (nSPS) is 15.6. The van der Waals surface area contributed by atoms with Gasteiger partial charge in [0.1, 0.15) is 5.75 Å². The Labute approximate surface area is 162 Å². The number of benzene rings is 2. The van der Waals surface area contributed by atoms with Crippen molar-refractivity contribution in [3.05, 3.63) is 48.0 Å². The van der Waals surface area contributed by atoms with E-state index in [4.69, 9.17) is 9.47 Å². The lowest BCUT2D eigenvalue weighted by atomic mass is 10.1. The summed E-state index contributed by atoms with van der Waals surface area (Å²) in [4.78, 5) is 15.2. The van der Waals surface area contributed by atoms with E-state index < -0.39 is 10.0 Å².